The Morgan fingerprint density at radius 3 is 2.68 bits per heavy atom. The minimum Gasteiger partial charge on any atom is -0.351 e. The van der Waals surface area contributed by atoms with Crippen molar-refractivity contribution >= 4 is 16.6 Å². The molecule has 19 heavy (non-hydrogen) atoms. The highest BCUT2D eigenvalue weighted by Gasteiger charge is 2.40. The monoisotopic (exact) mass is 270 g/mol. The van der Waals surface area contributed by atoms with Gasteiger partial charge in [0.25, 0.3) is 0 Å². The van der Waals surface area contributed by atoms with Crippen molar-refractivity contribution in [1.29, 1.82) is 0 Å². The van der Waals surface area contributed by atoms with Crippen LogP contribution in [0.25, 0.3) is 10.9 Å². The van der Waals surface area contributed by atoms with Crippen LogP contribution in [0.3, 0.4) is 0 Å². The number of aromatic nitrogens is 1. The molecule has 6 heteroatoms. The Hall–Kier alpha value is -1.82. The smallest absolute Gasteiger partial charge is 0.351 e. The van der Waals surface area contributed by atoms with Gasteiger partial charge in [0.1, 0.15) is 0 Å². The molecule has 0 radical (unpaired) electrons. The number of ether oxygens (including phenoxy) is 1. The Labute approximate surface area is 108 Å². The summed E-state index contributed by atoms with van der Waals surface area (Å²) in [4.78, 5) is 4.09. The first-order valence-corrected chi connectivity index (χ1v) is 5.81. The minimum atomic E-state index is -4.48. The number of alkyl halides is 3. The number of hydrogen-bond donors (Lipinski definition) is 1. The van der Waals surface area contributed by atoms with Crippen molar-refractivity contribution in [3.8, 4) is 0 Å². The van der Waals surface area contributed by atoms with Crippen LogP contribution >= 0.6 is 0 Å². The lowest BCUT2D eigenvalue weighted by Gasteiger charge is -2.22. The molecule has 1 heterocycles. The molecule has 0 aliphatic rings. The predicted octanol–water partition coefficient (Wildman–Crippen LogP) is 3.57. The number of rotatable bonds is 4. The van der Waals surface area contributed by atoms with E-state index in [2.05, 4.69) is 10.3 Å². The van der Waals surface area contributed by atoms with E-state index in [1.54, 1.807) is 30.3 Å². The fourth-order valence-electron chi connectivity index (χ4n) is 1.75. The second kappa shape index (κ2) is 5.44. The van der Waals surface area contributed by atoms with Crippen molar-refractivity contribution in [2.24, 2.45) is 0 Å². The summed E-state index contributed by atoms with van der Waals surface area (Å²) < 4.78 is 43.1. The summed E-state index contributed by atoms with van der Waals surface area (Å²) in [6, 6.07) is 8.53. The van der Waals surface area contributed by atoms with Crippen LogP contribution in [0.5, 0.6) is 0 Å². The third-order valence-corrected chi connectivity index (χ3v) is 2.55. The highest BCUT2D eigenvalue weighted by Crippen LogP contribution is 2.27. The van der Waals surface area contributed by atoms with Gasteiger partial charge in [-0.2, -0.15) is 13.2 Å². The normalized spacial score (nSPS) is 13.5. The van der Waals surface area contributed by atoms with Gasteiger partial charge in [-0.1, -0.05) is 18.2 Å². The molecule has 0 spiro atoms. The molecule has 0 saturated heterocycles. The highest BCUT2D eigenvalue weighted by atomic mass is 19.4. The molecular formula is C13H13F3N2O. The number of pyridine rings is 1. The molecule has 0 amide bonds. The van der Waals surface area contributed by atoms with E-state index in [0.717, 1.165) is 5.39 Å². The van der Waals surface area contributed by atoms with E-state index in [-0.39, 0.29) is 6.61 Å². The molecule has 0 saturated carbocycles. The summed E-state index contributed by atoms with van der Waals surface area (Å²) in [5.41, 5.74) is 0.785. The van der Waals surface area contributed by atoms with Gasteiger partial charge in [-0.25, -0.2) is 0 Å². The summed E-state index contributed by atoms with van der Waals surface area (Å²) in [7, 11) is 0. The second-order valence-corrected chi connectivity index (χ2v) is 3.90. The lowest BCUT2D eigenvalue weighted by atomic mass is 10.2. The molecule has 0 aliphatic heterocycles. The number of benzene rings is 1. The molecule has 102 valence electrons. The number of nitrogens with zero attached hydrogens (tertiary/aromatic N) is 1. The third-order valence-electron chi connectivity index (χ3n) is 2.55. The maximum Gasteiger partial charge on any atom is 0.433 e. The maximum absolute atomic E-state index is 12.8. The molecule has 1 unspecified atom stereocenters. The van der Waals surface area contributed by atoms with E-state index in [0.29, 0.717) is 11.2 Å². The Morgan fingerprint density at radius 2 is 2.00 bits per heavy atom. The molecule has 3 nitrogen and oxygen atoms in total. The summed E-state index contributed by atoms with van der Waals surface area (Å²) in [5.74, 6) is 0. The zero-order chi connectivity index (χ0) is 13.9. The third kappa shape index (κ3) is 3.14. The fraction of sp³-hybridized carbons (Fsp3) is 0.308. The van der Waals surface area contributed by atoms with Crippen LogP contribution in [0.4, 0.5) is 18.9 Å². The SMILES string of the molecule is CCOC(Nc1cccc2cccnc12)C(F)(F)F. The van der Waals surface area contributed by atoms with Crippen molar-refractivity contribution in [3.05, 3.63) is 36.5 Å². The average Bonchev–Trinajstić information content (AvgIpc) is 2.37. The van der Waals surface area contributed by atoms with Crippen molar-refractivity contribution in [1.82, 2.24) is 4.98 Å². The van der Waals surface area contributed by atoms with Gasteiger partial charge >= 0.3 is 6.18 Å². The molecule has 2 aromatic rings. The van der Waals surface area contributed by atoms with E-state index >= 15 is 0 Å². The molecule has 1 aromatic carbocycles. The van der Waals surface area contributed by atoms with Gasteiger partial charge in [0.2, 0.25) is 6.23 Å². The maximum atomic E-state index is 12.8. The van der Waals surface area contributed by atoms with E-state index in [1.165, 1.54) is 13.1 Å². The van der Waals surface area contributed by atoms with Crippen molar-refractivity contribution in [2.45, 2.75) is 19.3 Å². The van der Waals surface area contributed by atoms with Gasteiger partial charge in [-0.15, -0.1) is 0 Å². The number of anilines is 1. The van der Waals surface area contributed by atoms with Gasteiger partial charge in [0.05, 0.1) is 11.2 Å². The van der Waals surface area contributed by atoms with Gasteiger partial charge in [0, 0.05) is 18.2 Å². The highest BCUT2D eigenvalue weighted by molar-refractivity contribution is 5.90. The van der Waals surface area contributed by atoms with E-state index in [1.807, 2.05) is 0 Å². The minimum absolute atomic E-state index is 0.0324. The van der Waals surface area contributed by atoms with E-state index < -0.39 is 12.4 Å². The van der Waals surface area contributed by atoms with Crippen LogP contribution in [0.1, 0.15) is 6.92 Å². The van der Waals surface area contributed by atoms with E-state index in [9.17, 15) is 13.2 Å². The van der Waals surface area contributed by atoms with Gasteiger partial charge in [-0.05, 0) is 19.1 Å². The fourth-order valence-corrected chi connectivity index (χ4v) is 1.75. The molecular weight excluding hydrogens is 257 g/mol. The van der Waals surface area contributed by atoms with Crippen molar-refractivity contribution in [2.75, 3.05) is 11.9 Å². The quantitative estimate of drug-likeness (QED) is 0.862. The number of fused-ring (bicyclic) bond motifs is 1. The first-order valence-electron chi connectivity index (χ1n) is 5.81. The first-order chi connectivity index (χ1) is 9.02. The molecule has 1 N–H and O–H groups in total. The average molecular weight is 270 g/mol. The van der Waals surface area contributed by atoms with E-state index in [4.69, 9.17) is 4.74 Å². The molecule has 0 bridgehead atoms. The Kier molecular flexibility index (Phi) is 3.90. The molecule has 2 rings (SSSR count). The lowest BCUT2D eigenvalue weighted by molar-refractivity contribution is -0.209. The molecule has 0 aliphatic carbocycles. The number of para-hydroxylation sites is 1. The summed E-state index contributed by atoms with van der Waals surface area (Å²) in [6.45, 7) is 1.48. The second-order valence-electron chi connectivity index (χ2n) is 3.90. The van der Waals surface area contributed by atoms with Crippen LogP contribution < -0.4 is 5.32 Å². The number of halogens is 3. The van der Waals surface area contributed by atoms with Gasteiger partial charge in [0.15, 0.2) is 0 Å². The summed E-state index contributed by atoms with van der Waals surface area (Å²) >= 11 is 0. The first kappa shape index (κ1) is 13.6. The molecule has 1 atom stereocenters. The van der Waals surface area contributed by atoms with Gasteiger partial charge < -0.3 is 10.1 Å². The Bertz CT molecular complexity index is 552. The number of hydrogen-bond acceptors (Lipinski definition) is 3. The summed E-state index contributed by atoms with van der Waals surface area (Å²) in [5, 5.41) is 3.12. The van der Waals surface area contributed by atoms with Gasteiger partial charge in [-0.3, -0.25) is 4.98 Å². The predicted molar refractivity (Wildman–Crippen MR) is 66.8 cm³/mol. The van der Waals surface area contributed by atoms with Crippen LogP contribution in [0, 0.1) is 0 Å². The molecule has 0 fully saturated rings. The largest absolute Gasteiger partial charge is 0.433 e. The summed E-state index contributed by atoms with van der Waals surface area (Å²) in [6.07, 6.45) is -4.98. The molecule has 1 aromatic heterocycles. The standard InChI is InChI=1S/C13H13F3N2O/c1-2-19-12(13(14,15)16)18-10-7-3-5-9-6-4-8-17-11(9)10/h3-8,12,18H,2H2,1H3. The Morgan fingerprint density at radius 1 is 1.26 bits per heavy atom. The Balaban J connectivity index is 2.34. The van der Waals surface area contributed by atoms with Crippen molar-refractivity contribution < 1.29 is 17.9 Å². The van der Waals surface area contributed by atoms with Crippen LogP contribution in [0.15, 0.2) is 36.5 Å². The zero-order valence-electron chi connectivity index (χ0n) is 10.2. The lowest BCUT2D eigenvalue weighted by Crippen LogP contribution is -2.38. The van der Waals surface area contributed by atoms with Crippen LogP contribution in [-0.4, -0.2) is 24.0 Å². The van der Waals surface area contributed by atoms with Crippen LogP contribution in [-0.2, 0) is 4.74 Å². The zero-order valence-corrected chi connectivity index (χ0v) is 10.2. The van der Waals surface area contributed by atoms with Crippen molar-refractivity contribution in [3.63, 3.8) is 0 Å². The van der Waals surface area contributed by atoms with Crippen LogP contribution in [0.2, 0.25) is 0 Å². The topological polar surface area (TPSA) is 34.1 Å². The number of nitrogens with one attached hydrogen (secondary N) is 1.